The van der Waals surface area contributed by atoms with Gasteiger partial charge in [-0.2, -0.15) is 5.10 Å². The van der Waals surface area contributed by atoms with Crippen LogP contribution in [0.3, 0.4) is 0 Å². The molecule has 2 aromatic rings. The largest absolute Gasteiger partial charge is 0.444 e. The van der Waals surface area contributed by atoms with Crippen molar-refractivity contribution in [1.29, 1.82) is 0 Å². The number of anilines is 1. The maximum Gasteiger partial charge on any atom is 0.407 e. The minimum Gasteiger partial charge on any atom is -0.444 e. The van der Waals surface area contributed by atoms with E-state index in [-0.39, 0.29) is 35.4 Å². The Morgan fingerprint density at radius 2 is 1.95 bits per heavy atom. The zero-order valence-electron chi connectivity index (χ0n) is 23.5. The predicted molar refractivity (Wildman–Crippen MR) is 148 cm³/mol. The molecule has 216 valence electrons. The molecule has 0 radical (unpaired) electrons. The third kappa shape index (κ3) is 5.35. The highest BCUT2D eigenvalue weighted by Crippen LogP contribution is 2.48. The summed E-state index contributed by atoms with van der Waals surface area (Å²) in [6.07, 6.45) is 7.17. The molecule has 2 unspecified atom stereocenters. The number of aromatic nitrogens is 2. The topological polar surface area (TPSA) is 88.9 Å². The molecule has 1 N–H and O–H groups in total. The molecule has 4 aliphatic rings. The fraction of sp³-hybridized carbons (Fsp3) is 0.633. The van der Waals surface area contributed by atoms with E-state index in [4.69, 9.17) is 9.47 Å². The minimum atomic E-state index is -0.337. The van der Waals surface area contributed by atoms with Crippen LogP contribution in [0.2, 0.25) is 0 Å². The summed E-state index contributed by atoms with van der Waals surface area (Å²) >= 11 is 0. The number of benzene rings is 1. The lowest BCUT2D eigenvalue weighted by Crippen LogP contribution is -2.50. The lowest BCUT2D eigenvalue weighted by Gasteiger charge is -2.43. The van der Waals surface area contributed by atoms with E-state index in [0.717, 1.165) is 81.4 Å². The van der Waals surface area contributed by atoms with Gasteiger partial charge in [-0.3, -0.25) is 9.48 Å². The molecule has 3 fully saturated rings. The molecule has 2 amide bonds. The van der Waals surface area contributed by atoms with Gasteiger partial charge >= 0.3 is 6.09 Å². The molecule has 10 heteroatoms. The molecular weight excluding hydrogens is 513 g/mol. The van der Waals surface area contributed by atoms with E-state index in [1.54, 1.807) is 21.7 Å². The van der Waals surface area contributed by atoms with Gasteiger partial charge in [-0.1, -0.05) is 12.8 Å². The highest BCUT2D eigenvalue weighted by atomic mass is 19.1. The summed E-state index contributed by atoms with van der Waals surface area (Å²) in [5.74, 6) is -0.401. The second kappa shape index (κ2) is 11.1. The summed E-state index contributed by atoms with van der Waals surface area (Å²) < 4.78 is 27.1. The smallest absolute Gasteiger partial charge is 0.407 e. The molecule has 4 heterocycles. The second-order valence-electron chi connectivity index (χ2n) is 12.1. The highest BCUT2D eigenvalue weighted by molar-refractivity contribution is 6.06. The van der Waals surface area contributed by atoms with Gasteiger partial charge < -0.3 is 24.6 Å². The SMILES string of the molecule is Cc1cc(C(=O)N2CC3(CCN(C4CCCCC(NC(=O)O[C@@H]5CCOC5)C4)CC3)c3cc(F)ccc32)nn1C. The van der Waals surface area contributed by atoms with Gasteiger partial charge in [0.15, 0.2) is 5.69 Å². The Balaban J connectivity index is 1.13. The first kappa shape index (κ1) is 27.2. The van der Waals surface area contributed by atoms with Crippen molar-refractivity contribution >= 4 is 17.7 Å². The molecule has 6 rings (SSSR count). The van der Waals surface area contributed by atoms with Crippen LogP contribution in [0.5, 0.6) is 0 Å². The van der Waals surface area contributed by atoms with Crippen LogP contribution in [0.1, 0.15) is 73.1 Å². The van der Waals surface area contributed by atoms with Crippen LogP contribution in [0.25, 0.3) is 0 Å². The van der Waals surface area contributed by atoms with Crippen molar-refractivity contribution < 1.29 is 23.5 Å². The highest BCUT2D eigenvalue weighted by Gasteiger charge is 2.47. The Morgan fingerprint density at radius 1 is 1.15 bits per heavy atom. The van der Waals surface area contributed by atoms with Crippen molar-refractivity contribution in [2.24, 2.45) is 7.05 Å². The molecule has 3 aliphatic heterocycles. The van der Waals surface area contributed by atoms with Crippen LogP contribution >= 0.6 is 0 Å². The minimum absolute atomic E-state index is 0.0921. The average Bonchev–Trinajstić information content (AvgIpc) is 3.59. The second-order valence-corrected chi connectivity index (χ2v) is 12.1. The molecule has 1 aromatic carbocycles. The molecule has 2 saturated heterocycles. The van der Waals surface area contributed by atoms with Gasteiger partial charge in [-0.05, 0) is 81.9 Å². The number of ether oxygens (including phenoxy) is 2. The number of nitrogens with one attached hydrogen (secondary N) is 1. The molecule has 1 spiro atoms. The van der Waals surface area contributed by atoms with Crippen LogP contribution in [0.4, 0.5) is 14.9 Å². The van der Waals surface area contributed by atoms with Gasteiger partial charge in [0.25, 0.3) is 5.91 Å². The van der Waals surface area contributed by atoms with E-state index in [0.29, 0.717) is 31.5 Å². The Labute approximate surface area is 235 Å². The average molecular weight is 554 g/mol. The Kier molecular flexibility index (Phi) is 7.56. The Morgan fingerprint density at radius 3 is 2.67 bits per heavy atom. The zero-order valence-corrected chi connectivity index (χ0v) is 23.5. The zero-order chi connectivity index (χ0) is 27.9. The summed E-state index contributed by atoms with van der Waals surface area (Å²) in [5.41, 5.74) is 2.80. The quantitative estimate of drug-likeness (QED) is 0.574. The fourth-order valence-corrected chi connectivity index (χ4v) is 7.13. The molecule has 1 aliphatic carbocycles. The Bertz CT molecular complexity index is 1230. The first-order valence-corrected chi connectivity index (χ1v) is 14.7. The first-order chi connectivity index (χ1) is 19.3. The number of likely N-dealkylation sites (tertiary alicyclic amines) is 1. The van der Waals surface area contributed by atoms with Crippen LogP contribution in [-0.2, 0) is 21.9 Å². The summed E-state index contributed by atoms with van der Waals surface area (Å²) in [5, 5.41) is 7.54. The number of piperidine rings is 1. The molecule has 1 saturated carbocycles. The molecule has 40 heavy (non-hydrogen) atoms. The number of carbonyl (C=O) groups excluding carboxylic acids is 2. The van der Waals surface area contributed by atoms with Crippen LogP contribution in [0, 0.1) is 12.7 Å². The lowest BCUT2D eigenvalue weighted by molar-refractivity contribution is 0.0764. The van der Waals surface area contributed by atoms with Crippen LogP contribution in [-0.4, -0.2) is 77.7 Å². The number of nitrogens with zero attached hydrogens (tertiary/aromatic N) is 4. The molecule has 3 atom stereocenters. The third-order valence-electron chi connectivity index (χ3n) is 9.51. The van der Waals surface area contributed by atoms with Crippen molar-refractivity contribution in [3.63, 3.8) is 0 Å². The van der Waals surface area contributed by atoms with E-state index in [1.165, 1.54) is 6.07 Å². The molecule has 1 aromatic heterocycles. The van der Waals surface area contributed by atoms with Gasteiger partial charge in [0.2, 0.25) is 0 Å². The number of rotatable bonds is 4. The number of hydrogen-bond acceptors (Lipinski definition) is 6. The number of halogens is 1. The monoisotopic (exact) mass is 553 g/mol. The van der Waals surface area contributed by atoms with Gasteiger partial charge in [-0.25, -0.2) is 9.18 Å². The first-order valence-electron chi connectivity index (χ1n) is 14.7. The van der Waals surface area contributed by atoms with E-state index in [9.17, 15) is 14.0 Å². The molecular formula is C30H40FN5O4. The standard InChI is InChI=1S/C30H40FN5O4/c1-20-15-26(33-34(20)2)28(37)36-19-30(25-16-21(31)7-8-27(25)36)10-12-35(13-11-30)23-6-4-3-5-22(17-23)32-29(38)40-24-9-14-39-18-24/h7-8,15-16,22-24H,3-6,9-14,17-19H2,1-2H3,(H,32,38)/t22?,23?,24-/m1/s1. The number of carbonyl (C=O) groups is 2. The maximum atomic E-state index is 14.5. The number of amides is 2. The number of alkyl carbamates (subject to hydrolysis) is 1. The summed E-state index contributed by atoms with van der Waals surface area (Å²) in [7, 11) is 1.83. The number of aryl methyl sites for hydroxylation is 2. The van der Waals surface area contributed by atoms with Gasteiger partial charge in [0, 0.05) is 48.9 Å². The summed E-state index contributed by atoms with van der Waals surface area (Å²) in [6.45, 7) is 5.35. The summed E-state index contributed by atoms with van der Waals surface area (Å²) in [6, 6.07) is 7.11. The van der Waals surface area contributed by atoms with Crippen LogP contribution < -0.4 is 10.2 Å². The summed E-state index contributed by atoms with van der Waals surface area (Å²) in [4.78, 5) is 30.4. The van der Waals surface area contributed by atoms with E-state index in [1.807, 2.05) is 20.0 Å². The molecule has 0 bridgehead atoms. The van der Waals surface area contributed by atoms with Crippen molar-refractivity contribution in [2.45, 2.75) is 81.9 Å². The Hall–Kier alpha value is -2.98. The predicted octanol–water partition coefficient (Wildman–Crippen LogP) is 4.08. The maximum absolute atomic E-state index is 14.5. The van der Waals surface area contributed by atoms with Gasteiger partial charge in [-0.15, -0.1) is 0 Å². The fourth-order valence-electron chi connectivity index (χ4n) is 7.13. The number of hydrogen-bond donors (Lipinski definition) is 1. The van der Waals surface area contributed by atoms with Crippen molar-refractivity contribution in [3.8, 4) is 0 Å². The van der Waals surface area contributed by atoms with E-state index in [2.05, 4.69) is 15.3 Å². The van der Waals surface area contributed by atoms with E-state index >= 15 is 0 Å². The number of fused-ring (bicyclic) bond motifs is 2. The van der Waals surface area contributed by atoms with Crippen molar-refractivity contribution in [1.82, 2.24) is 20.0 Å². The van der Waals surface area contributed by atoms with Crippen LogP contribution in [0.15, 0.2) is 24.3 Å². The van der Waals surface area contributed by atoms with Crippen molar-refractivity contribution in [2.75, 3.05) is 37.7 Å². The van der Waals surface area contributed by atoms with Crippen molar-refractivity contribution in [3.05, 3.63) is 47.0 Å². The normalized spacial score (nSPS) is 26.5. The van der Waals surface area contributed by atoms with Gasteiger partial charge in [0.1, 0.15) is 11.9 Å². The van der Waals surface area contributed by atoms with Gasteiger partial charge in [0.05, 0.1) is 13.2 Å². The van der Waals surface area contributed by atoms with E-state index < -0.39 is 0 Å². The molecule has 9 nitrogen and oxygen atoms in total. The lowest BCUT2D eigenvalue weighted by atomic mass is 9.74. The third-order valence-corrected chi connectivity index (χ3v) is 9.51.